The van der Waals surface area contributed by atoms with E-state index in [4.69, 9.17) is 0 Å². The lowest BCUT2D eigenvalue weighted by Gasteiger charge is -2.01. The molecule has 3 aromatic carbocycles. The first-order valence-corrected chi connectivity index (χ1v) is 12.0. The van der Waals surface area contributed by atoms with Gasteiger partial charge in [-0.3, -0.25) is 4.79 Å². The van der Waals surface area contributed by atoms with Crippen molar-refractivity contribution < 1.29 is 4.79 Å². The monoisotopic (exact) mass is 450 g/mol. The zero-order valence-electron chi connectivity index (χ0n) is 15.9. The van der Waals surface area contributed by atoms with Crippen LogP contribution in [0.25, 0.3) is 10.8 Å². The number of aromatic nitrogens is 2. The summed E-state index contributed by atoms with van der Waals surface area (Å²) in [6.07, 6.45) is 1.67. The number of hydrogen-bond acceptors (Lipinski definition) is 7. The number of nitrogens with zero attached hydrogens (tertiary/aromatic N) is 3. The number of carbonyl (C=O) groups excluding carboxylic acids is 1. The molecule has 30 heavy (non-hydrogen) atoms. The van der Waals surface area contributed by atoms with Crippen molar-refractivity contribution in [1.29, 1.82) is 0 Å². The SMILES string of the molecule is O=C(CSc1nnc(SCc2ccccc2)s1)N/N=C\c1cccc2ccccc12. The Bertz CT molecular complexity index is 1160. The Balaban J connectivity index is 1.25. The number of hydrogen-bond donors (Lipinski definition) is 1. The highest BCUT2D eigenvalue weighted by atomic mass is 32.2. The first-order chi connectivity index (χ1) is 14.8. The van der Waals surface area contributed by atoms with E-state index < -0.39 is 0 Å². The smallest absolute Gasteiger partial charge is 0.250 e. The molecule has 0 saturated carbocycles. The van der Waals surface area contributed by atoms with Crippen molar-refractivity contribution in [2.45, 2.75) is 14.4 Å². The van der Waals surface area contributed by atoms with Crippen molar-refractivity contribution in [3.8, 4) is 0 Å². The van der Waals surface area contributed by atoms with Crippen LogP contribution >= 0.6 is 34.9 Å². The molecule has 1 amide bonds. The second kappa shape index (κ2) is 10.4. The molecule has 0 atom stereocenters. The van der Waals surface area contributed by atoms with Crippen molar-refractivity contribution in [2.24, 2.45) is 5.10 Å². The second-order valence-corrected chi connectivity index (χ2v) is 9.68. The summed E-state index contributed by atoms with van der Waals surface area (Å²) in [5, 5.41) is 14.7. The van der Waals surface area contributed by atoms with E-state index in [1.165, 1.54) is 28.7 Å². The Kier molecular flexibility index (Phi) is 7.12. The van der Waals surface area contributed by atoms with Crippen LogP contribution in [0.1, 0.15) is 11.1 Å². The summed E-state index contributed by atoms with van der Waals surface area (Å²) in [6, 6.07) is 24.3. The van der Waals surface area contributed by atoms with Gasteiger partial charge in [-0.2, -0.15) is 5.10 Å². The molecule has 4 aromatic rings. The molecule has 8 heteroatoms. The van der Waals surface area contributed by atoms with Gasteiger partial charge < -0.3 is 0 Å². The Hall–Kier alpha value is -2.68. The molecule has 0 aliphatic carbocycles. The molecule has 1 N–H and O–H groups in total. The maximum absolute atomic E-state index is 12.1. The summed E-state index contributed by atoms with van der Waals surface area (Å²) in [4.78, 5) is 12.1. The highest BCUT2D eigenvalue weighted by molar-refractivity contribution is 8.03. The molecule has 0 fully saturated rings. The van der Waals surface area contributed by atoms with Crippen LogP contribution in [0.15, 0.2) is 86.6 Å². The van der Waals surface area contributed by atoms with E-state index >= 15 is 0 Å². The summed E-state index contributed by atoms with van der Waals surface area (Å²) in [7, 11) is 0. The number of benzene rings is 3. The Morgan fingerprint density at radius 3 is 2.53 bits per heavy atom. The molecule has 150 valence electrons. The predicted molar refractivity (Wildman–Crippen MR) is 126 cm³/mol. The minimum absolute atomic E-state index is 0.176. The van der Waals surface area contributed by atoms with Crippen LogP contribution in [0.4, 0.5) is 0 Å². The summed E-state index contributed by atoms with van der Waals surface area (Å²) < 4.78 is 1.68. The third kappa shape index (κ3) is 5.69. The molecule has 0 bridgehead atoms. The molecular formula is C22H18N4OS3. The standard InChI is InChI=1S/C22H18N4OS3/c27-20(24-23-13-18-11-6-10-17-9-4-5-12-19(17)18)15-29-22-26-25-21(30-22)28-14-16-7-2-1-3-8-16/h1-13H,14-15H2,(H,24,27)/b23-13-. The molecule has 4 rings (SSSR count). The van der Waals surface area contributed by atoms with Crippen LogP contribution < -0.4 is 5.43 Å². The van der Waals surface area contributed by atoms with Crippen molar-refractivity contribution >= 4 is 57.8 Å². The van der Waals surface area contributed by atoms with Gasteiger partial charge in [-0.1, -0.05) is 108 Å². The van der Waals surface area contributed by atoms with Gasteiger partial charge in [-0.05, 0) is 16.3 Å². The van der Waals surface area contributed by atoms with E-state index in [9.17, 15) is 4.79 Å². The van der Waals surface area contributed by atoms with Gasteiger partial charge >= 0.3 is 0 Å². The van der Waals surface area contributed by atoms with E-state index in [2.05, 4.69) is 45.0 Å². The van der Waals surface area contributed by atoms with E-state index in [0.717, 1.165) is 30.8 Å². The van der Waals surface area contributed by atoms with E-state index in [1.807, 2.05) is 48.5 Å². The fourth-order valence-corrected chi connectivity index (χ4v) is 5.50. The van der Waals surface area contributed by atoms with Crippen molar-refractivity contribution in [3.05, 3.63) is 83.9 Å². The zero-order valence-corrected chi connectivity index (χ0v) is 18.3. The summed E-state index contributed by atoms with van der Waals surface area (Å²) in [6.45, 7) is 0. The number of fused-ring (bicyclic) bond motifs is 1. The highest BCUT2D eigenvalue weighted by Gasteiger charge is 2.08. The van der Waals surface area contributed by atoms with Gasteiger partial charge in [-0.25, -0.2) is 5.43 Å². The largest absolute Gasteiger partial charge is 0.272 e. The van der Waals surface area contributed by atoms with Crippen LogP contribution in [0, 0.1) is 0 Å². The van der Waals surface area contributed by atoms with Gasteiger partial charge in [0.15, 0.2) is 8.68 Å². The number of hydrazone groups is 1. The fourth-order valence-electron chi connectivity index (χ4n) is 2.73. The highest BCUT2D eigenvalue weighted by Crippen LogP contribution is 2.30. The maximum atomic E-state index is 12.1. The minimum Gasteiger partial charge on any atom is -0.272 e. The van der Waals surface area contributed by atoms with E-state index in [-0.39, 0.29) is 11.7 Å². The molecule has 0 aliphatic rings. The lowest BCUT2D eigenvalue weighted by atomic mass is 10.1. The molecular weight excluding hydrogens is 432 g/mol. The third-order valence-electron chi connectivity index (χ3n) is 4.14. The van der Waals surface area contributed by atoms with Gasteiger partial charge in [0.2, 0.25) is 0 Å². The van der Waals surface area contributed by atoms with Crippen LogP contribution in [-0.4, -0.2) is 28.1 Å². The predicted octanol–water partition coefficient (Wildman–Crippen LogP) is 5.23. The number of nitrogens with one attached hydrogen (secondary N) is 1. The van der Waals surface area contributed by atoms with E-state index in [1.54, 1.807) is 18.0 Å². The van der Waals surface area contributed by atoms with Crippen molar-refractivity contribution in [3.63, 3.8) is 0 Å². The van der Waals surface area contributed by atoms with Crippen molar-refractivity contribution in [1.82, 2.24) is 15.6 Å². The summed E-state index contributed by atoms with van der Waals surface area (Å²) >= 11 is 4.52. The first-order valence-electron chi connectivity index (χ1n) is 9.20. The Labute approximate surface area is 187 Å². The fraction of sp³-hybridized carbons (Fsp3) is 0.0909. The second-order valence-electron chi connectivity index (χ2n) is 6.26. The van der Waals surface area contributed by atoms with Gasteiger partial charge in [0.25, 0.3) is 5.91 Å². The van der Waals surface area contributed by atoms with Crippen molar-refractivity contribution in [2.75, 3.05) is 5.75 Å². The molecule has 5 nitrogen and oxygen atoms in total. The Morgan fingerprint density at radius 2 is 1.67 bits per heavy atom. The zero-order chi connectivity index (χ0) is 20.6. The molecule has 0 unspecified atom stereocenters. The van der Waals surface area contributed by atoms with Gasteiger partial charge in [0.1, 0.15) is 0 Å². The summed E-state index contributed by atoms with van der Waals surface area (Å²) in [5.41, 5.74) is 4.79. The minimum atomic E-state index is -0.176. The average molecular weight is 451 g/mol. The molecule has 0 aliphatic heterocycles. The Morgan fingerprint density at radius 1 is 0.933 bits per heavy atom. The van der Waals surface area contributed by atoms with Gasteiger partial charge in [-0.15, -0.1) is 10.2 Å². The van der Waals surface area contributed by atoms with Crippen LogP contribution in [0.3, 0.4) is 0 Å². The third-order valence-corrected chi connectivity index (χ3v) is 7.40. The quantitative estimate of drug-likeness (QED) is 0.226. The molecule has 1 heterocycles. The van der Waals surface area contributed by atoms with Gasteiger partial charge in [0.05, 0.1) is 12.0 Å². The number of amides is 1. The molecule has 1 aromatic heterocycles. The topological polar surface area (TPSA) is 67.2 Å². The van der Waals surface area contributed by atoms with E-state index in [0.29, 0.717) is 0 Å². The number of thioether (sulfide) groups is 2. The molecule has 0 radical (unpaired) electrons. The van der Waals surface area contributed by atoms with Gasteiger partial charge in [0, 0.05) is 11.3 Å². The lowest BCUT2D eigenvalue weighted by molar-refractivity contribution is -0.118. The lowest BCUT2D eigenvalue weighted by Crippen LogP contribution is -2.19. The molecule has 0 saturated heterocycles. The normalized spacial score (nSPS) is 11.2. The molecule has 0 spiro atoms. The number of rotatable bonds is 8. The van der Waals surface area contributed by atoms with Crippen LogP contribution in [0.5, 0.6) is 0 Å². The van der Waals surface area contributed by atoms with Crippen LogP contribution in [-0.2, 0) is 10.5 Å². The average Bonchev–Trinajstić information content (AvgIpc) is 3.25. The number of carbonyl (C=O) groups is 1. The van der Waals surface area contributed by atoms with Crippen LogP contribution in [0.2, 0.25) is 0 Å². The summed E-state index contributed by atoms with van der Waals surface area (Å²) in [5.74, 6) is 0.916. The maximum Gasteiger partial charge on any atom is 0.250 e. The first kappa shape index (κ1) is 20.6.